The summed E-state index contributed by atoms with van der Waals surface area (Å²) < 4.78 is 0. The van der Waals surface area contributed by atoms with Crippen LogP contribution in [0.1, 0.15) is 0 Å². The fourth-order valence-electron chi connectivity index (χ4n) is 14.7. The Labute approximate surface area is 597 Å². The summed E-state index contributed by atoms with van der Waals surface area (Å²) in [6.45, 7) is 0. The molecule has 17 rings (SSSR count). The van der Waals surface area contributed by atoms with Gasteiger partial charge in [0.25, 0.3) is 0 Å². The van der Waals surface area contributed by atoms with Crippen molar-refractivity contribution in [3.8, 4) is 66.8 Å². The molecule has 0 atom stereocenters. The molecule has 4 heteroatoms. The second-order valence-corrected chi connectivity index (χ2v) is 25.6. The molecule has 17 aromatic carbocycles. The number of anilines is 12. The molecule has 4 nitrogen and oxygen atoms in total. The van der Waals surface area contributed by atoms with Gasteiger partial charge in [0, 0.05) is 68.2 Å². The van der Waals surface area contributed by atoms with Crippen LogP contribution < -0.4 is 19.6 Å². The molecule has 0 N–H and O–H groups in total. The lowest BCUT2D eigenvalue weighted by Gasteiger charge is -2.28. The highest BCUT2D eigenvalue weighted by atomic mass is 15.2. The second-order valence-electron chi connectivity index (χ2n) is 25.6. The number of para-hydroxylation sites is 6. The normalized spacial score (nSPS) is 11.1. The van der Waals surface area contributed by atoms with E-state index < -0.39 is 0 Å². The number of nitrogens with zero attached hydrogens (tertiary/aromatic N) is 4. The quantitative estimate of drug-likeness (QED) is 0.0794. The molecular weight excluding hydrogens is 1230 g/mol. The number of rotatable bonds is 18. The molecule has 0 aliphatic rings. The highest BCUT2D eigenvalue weighted by molar-refractivity contribution is 6.24. The predicted octanol–water partition coefficient (Wildman–Crippen LogP) is 27.9. The van der Waals surface area contributed by atoms with E-state index in [9.17, 15) is 0 Å². The van der Waals surface area contributed by atoms with E-state index in [-0.39, 0.29) is 0 Å². The lowest BCUT2D eigenvalue weighted by Crippen LogP contribution is -2.12. The number of benzene rings is 17. The summed E-state index contributed by atoms with van der Waals surface area (Å²) >= 11 is 0. The molecule has 0 fully saturated rings. The molecule has 0 aliphatic carbocycles. The third-order valence-electron chi connectivity index (χ3n) is 19.4. The van der Waals surface area contributed by atoms with E-state index in [1.165, 1.54) is 66.1 Å². The molecular formula is C98H70N4. The minimum Gasteiger partial charge on any atom is -0.311 e. The van der Waals surface area contributed by atoms with Crippen LogP contribution in [0.5, 0.6) is 0 Å². The lowest BCUT2D eigenvalue weighted by atomic mass is 9.81. The third kappa shape index (κ3) is 12.3. The Hall–Kier alpha value is -13.5. The predicted molar refractivity (Wildman–Crippen MR) is 433 cm³/mol. The van der Waals surface area contributed by atoms with Crippen LogP contribution in [0.15, 0.2) is 425 Å². The summed E-state index contributed by atoms with van der Waals surface area (Å²) in [7, 11) is 0. The van der Waals surface area contributed by atoms with Crippen molar-refractivity contribution in [2.24, 2.45) is 0 Å². The standard InChI is InChI=1S/C98H70N4/c1-9-29-73(30-10-1)89-45-25-27-47-91(89)97-93-67-53-76(72-51-57-84(58-52-72)102(82-43-23-8-24-44-82)88-65-61-86(62-66-88)100(79-37-17-5-18-38-79)80-39-19-6-20-40-80)70-96(93)98(92-48-28-26-46-90(92)74-31-11-2-12-32-74)94-68-54-75(69-95(94)97)71-49-55-83(56-50-71)101(81-41-21-7-22-42-81)87-63-59-85(60-64-87)99(77-33-13-3-14-34-77)78-35-15-4-16-36-78/h1-70H. The molecule has 0 amide bonds. The highest BCUT2D eigenvalue weighted by Gasteiger charge is 2.24. The van der Waals surface area contributed by atoms with Crippen LogP contribution in [-0.2, 0) is 0 Å². The Bertz CT molecular complexity index is 5250. The molecule has 0 unspecified atom stereocenters. The van der Waals surface area contributed by atoms with E-state index in [0.717, 1.165) is 90.5 Å². The van der Waals surface area contributed by atoms with Gasteiger partial charge in [-0.25, -0.2) is 0 Å². The van der Waals surface area contributed by atoms with Crippen molar-refractivity contribution in [2.75, 3.05) is 19.6 Å². The van der Waals surface area contributed by atoms with Gasteiger partial charge in [-0.1, -0.05) is 267 Å². The topological polar surface area (TPSA) is 13.0 Å². The zero-order valence-electron chi connectivity index (χ0n) is 56.2. The molecule has 0 bridgehead atoms. The maximum atomic E-state index is 2.45. The van der Waals surface area contributed by atoms with Gasteiger partial charge >= 0.3 is 0 Å². The van der Waals surface area contributed by atoms with Crippen molar-refractivity contribution >= 4 is 89.8 Å². The first kappa shape index (κ1) is 62.0. The Kier molecular flexibility index (Phi) is 17.1. The molecule has 0 saturated heterocycles. The van der Waals surface area contributed by atoms with Crippen molar-refractivity contribution in [1.29, 1.82) is 0 Å². The van der Waals surface area contributed by atoms with Gasteiger partial charge in [-0.05, 0) is 246 Å². The SMILES string of the molecule is c1ccc(-c2ccccc2-c2c3ccc(-c4ccc(N(c5ccccc5)c5ccc(N(c6ccccc6)c6ccccc6)cc5)cc4)cc3c(-c3ccccc3-c3ccccc3)c3ccc(-c4ccc(N(c5ccccc5)c5ccc(N(c6ccccc6)c6ccccc6)cc5)cc4)cc23)cc1. The van der Waals surface area contributed by atoms with Crippen molar-refractivity contribution in [3.05, 3.63) is 425 Å². The zero-order chi connectivity index (χ0) is 68.0. The first-order chi connectivity index (χ1) is 50.6. The Balaban J connectivity index is 0.799. The van der Waals surface area contributed by atoms with Gasteiger partial charge < -0.3 is 19.6 Å². The van der Waals surface area contributed by atoms with Gasteiger partial charge in [-0.2, -0.15) is 0 Å². The van der Waals surface area contributed by atoms with Crippen LogP contribution in [0.4, 0.5) is 68.2 Å². The largest absolute Gasteiger partial charge is 0.311 e. The molecule has 0 radical (unpaired) electrons. The smallest absolute Gasteiger partial charge is 0.0463 e. The van der Waals surface area contributed by atoms with Crippen molar-refractivity contribution in [3.63, 3.8) is 0 Å². The van der Waals surface area contributed by atoms with E-state index >= 15 is 0 Å². The minimum absolute atomic E-state index is 1.06. The van der Waals surface area contributed by atoms with E-state index in [1.54, 1.807) is 0 Å². The van der Waals surface area contributed by atoms with E-state index in [0.29, 0.717) is 0 Å². The Morgan fingerprint density at radius 2 is 0.304 bits per heavy atom. The van der Waals surface area contributed by atoms with Gasteiger partial charge in [0.1, 0.15) is 0 Å². The third-order valence-corrected chi connectivity index (χ3v) is 19.4. The van der Waals surface area contributed by atoms with Crippen LogP contribution in [0.25, 0.3) is 88.3 Å². The van der Waals surface area contributed by atoms with E-state index in [1.807, 2.05) is 0 Å². The van der Waals surface area contributed by atoms with Crippen LogP contribution in [-0.4, -0.2) is 0 Å². The summed E-state index contributed by atoms with van der Waals surface area (Å²) in [5.74, 6) is 0. The van der Waals surface area contributed by atoms with E-state index in [2.05, 4.69) is 444 Å². The minimum atomic E-state index is 1.06. The summed E-state index contributed by atoms with van der Waals surface area (Å²) in [5.41, 5.74) is 26.9. The average molecular weight is 1300 g/mol. The molecule has 482 valence electrons. The van der Waals surface area contributed by atoms with Gasteiger partial charge in [0.2, 0.25) is 0 Å². The second kappa shape index (κ2) is 28.1. The first-order valence-electron chi connectivity index (χ1n) is 34.9. The molecule has 0 spiro atoms. The highest BCUT2D eigenvalue weighted by Crippen LogP contribution is 2.51. The summed E-state index contributed by atoms with van der Waals surface area (Å²) in [6, 6.07) is 154. The fourth-order valence-corrected chi connectivity index (χ4v) is 14.7. The first-order valence-corrected chi connectivity index (χ1v) is 34.9. The summed E-state index contributed by atoms with van der Waals surface area (Å²) in [4.78, 5) is 9.30. The maximum Gasteiger partial charge on any atom is 0.0463 e. The van der Waals surface area contributed by atoms with Crippen LogP contribution in [0.2, 0.25) is 0 Å². The summed E-state index contributed by atoms with van der Waals surface area (Å²) in [5, 5.41) is 4.70. The van der Waals surface area contributed by atoms with Crippen LogP contribution in [0.3, 0.4) is 0 Å². The molecule has 102 heavy (non-hydrogen) atoms. The Morgan fingerprint density at radius 1 is 0.118 bits per heavy atom. The molecule has 0 saturated carbocycles. The van der Waals surface area contributed by atoms with Crippen molar-refractivity contribution < 1.29 is 0 Å². The van der Waals surface area contributed by atoms with Gasteiger partial charge in [0.15, 0.2) is 0 Å². The zero-order valence-corrected chi connectivity index (χ0v) is 56.2. The lowest BCUT2D eigenvalue weighted by molar-refractivity contribution is 1.26. The molecule has 0 aromatic heterocycles. The summed E-state index contributed by atoms with van der Waals surface area (Å²) in [6.07, 6.45) is 0. The number of fused-ring (bicyclic) bond motifs is 2. The molecule has 17 aromatic rings. The van der Waals surface area contributed by atoms with Gasteiger partial charge in [-0.3, -0.25) is 0 Å². The monoisotopic (exact) mass is 1300 g/mol. The van der Waals surface area contributed by atoms with Gasteiger partial charge in [-0.15, -0.1) is 0 Å². The number of hydrogen-bond acceptors (Lipinski definition) is 4. The van der Waals surface area contributed by atoms with Crippen molar-refractivity contribution in [1.82, 2.24) is 0 Å². The molecule has 0 aliphatic heterocycles. The Morgan fingerprint density at radius 3 is 0.549 bits per heavy atom. The maximum absolute atomic E-state index is 2.45. The number of hydrogen-bond donors (Lipinski definition) is 0. The van der Waals surface area contributed by atoms with Crippen LogP contribution in [0, 0.1) is 0 Å². The fraction of sp³-hybridized carbons (Fsp3) is 0. The molecule has 0 heterocycles. The van der Waals surface area contributed by atoms with E-state index in [4.69, 9.17) is 0 Å². The average Bonchev–Trinajstić information content (AvgIpc) is 0.719. The van der Waals surface area contributed by atoms with Crippen molar-refractivity contribution in [2.45, 2.75) is 0 Å². The van der Waals surface area contributed by atoms with Crippen LogP contribution >= 0.6 is 0 Å². The van der Waals surface area contributed by atoms with Gasteiger partial charge in [0.05, 0.1) is 0 Å².